The number of fused-ring (bicyclic) bond motifs is 1. The van der Waals surface area contributed by atoms with Crippen LogP contribution in [0.2, 0.25) is 0 Å². The molecule has 162 valence electrons. The quantitative estimate of drug-likeness (QED) is 0.616. The van der Waals surface area contributed by atoms with E-state index >= 15 is 0 Å². The van der Waals surface area contributed by atoms with Crippen molar-refractivity contribution in [1.82, 2.24) is 24.5 Å². The molecule has 0 spiro atoms. The summed E-state index contributed by atoms with van der Waals surface area (Å²) in [5, 5.41) is 8.07. The van der Waals surface area contributed by atoms with Crippen molar-refractivity contribution in [2.45, 2.75) is 38.3 Å². The van der Waals surface area contributed by atoms with E-state index in [1.165, 1.54) is 11.8 Å². The summed E-state index contributed by atoms with van der Waals surface area (Å²) in [6, 6.07) is 9.42. The number of thioether (sulfide) groups is 1. The van der Waals surface area contributed by atoms with Crippen molar-refractivity contribution in [3.05, 3.63) is 47.3 Å². The second-order valence-electron chi connectivity index (χ2n) is 7.78. The maximum Gasteiger partial charge on any atom is 0.253 e. The third-order valence-electron chi connectivity index (χ3n) is 5.73. The van der Waals surface area contributed by atoms with Crippen LogP contribution in [0.25, 0.3) is 5.78 Å². The summed E-state index contributed by atoms with van der Waals surface area (Å²) in [6.07, 6.45) is 3.75. The van der Waals surface area contributed by atoms with Gasteiger partial charge in [0.15, 0.2) is 0 Å². The number of rotatable bonds is 5. The van der Waals surface area contributed by atoms with Gasteiger partial charge < -0.3 is 10.2 Å². The molecule has 0 saturated carbocycles. The first-order valence-corrected chi connectivity index (χ1v) is 11.6. The van der Waals surface area contributed by atoms with E-state index in [0.29, 0.717) is 24.0 Å². The zero-order valence-corrected chi connectivity index (χ0v) is 18.8. The number of carbonyl (C=O) groups is 2. The first-order valence-electron chi connectivity index (χ1n) is 10.4. The molecule has 1 aliphatic rings. The zero-order chi connectivity index (χ0) is 22.0. The van der Waals surface area contributed by atoms with Crippen LogP contribution >= 0.6 is 11.8 Å². The summed E-state index contributed by atoms with van der Waals surface area (Å²) in [5.74, 6) is 0.312. The summed E-state index contributed by atoms with van der Waals surface area (Å²) in [7, 11) is 0. The molecule has 31 heavy (non-hydrogen) atoms. The number of hydrogen-bond donors (Lipinski definition) is 1. The highest BCUT2D eigenvalue weighted by molar-refractivity contribution is 7.98. The summed E-state index contributed by atoms with van der Waals surface area (Å²) < 4.78 is 1.70. The summed E-state index contributed by atoms with van der Waals surface area (Å²) in [4.78, 5) is 36.5. The number of nitrogens with one attached hydrogen (secondary N) is 1. The van der Waals surface area contributed by atoms with Gasteiger partial charge in [0, 0.05) is 35.7 Å². The molecule has 2 aromatic heterocycles. The highest BCUT2D eigenvalue weighted by atomic mass is 32.2. The van der Waals surface area contributed by atoms with E-state index in [1.807, 2.05) is 50.4 Å². The fourth-order valence-corrected chi connectivity index (χ4v) is 4.32. The van der Waals surface area contributed by atoms with Gasteiger partial charge in [-0.15, -0.1) is 5.10 Å². The van der Waals surface area contributed by atoms with Crippen molar-refractivity contribution in [2.75, 3.05) is 24.7 Å². The Labute approximate surface area is 185 Å². The van der Waals surface area contributed by atoms with Gasteiger partial charge in [0.05, 0.1) is 12.3 Å². The first-order chi connectivity index (χ1) is 15.0. The fourth-order valence-electron chi connectivity index (χ4n) is 3.98. The Hall–Kier alpha value is -2.94. The van der Waals surface area contributed by atoms with E-state index in [4.69, 9.17) is 0 Å². The first kappa shape index (κ1) is 21.3. The zero-order valence-electron chi connectivity index (χ0n) is 18.0. The van der Waals surface area contributed by atoms with Crippen molar-refractivity contribution >= 4 is 35.0 Å². The number of benzene rings is 1. The molecular formula is C22H26N6O2S. The molecule has 3 heterocycles. The van der Waals surface area contributed by atoms with Gasteiger partial charge in [-0.1, -0.05) is 30.0 Å². The van der Waals surface area contributed by atoms with Gasteiger partial charge in [0.2, 0.25) is 17.0 Å². The second-order valence-corrected chi connectivity index (χ2v) is 8.56. The van der Waals surface area contributed by atoms with E-state index in [9.17, 15) is 9.59 Å². The normalized spacial score (nSPS) is 16.5. The highest BCUT2D eigenvalue weighted by Crippen LogP contribution is 2.22. The standard InChI is InChI=1S/C22H26N6O2S/c1-14-18(15(2)28-21(23-14)25-22(26-28)31-3)12-19(29)27-11-7-8-16(13-27)20(30)24-17-9-5-4-6-10-17/h4-6,9-10,16H,7-8,11-13H2,1-3H3,(H,24,30)/t16-/m0/s1. The third kappa shape index (κ3) is 4.56. The average molecular weight is 439 g/mol. The van der Waals surface area contributed by atoms with Crippen molar-refractivity contribution in [1.29, 1.82) is 0 Å². The molecule has 2 amide bonds. The van der Waals surface area contributed by atoms with E-state index in [2.05, 4.69) is 20.4 Å². The highest BCUT2D eigenvalue weighted by Gasteiger charge is 2.29. The van der Waals surface area contributed by atoms with Crippen molar-refractivity contribution in [3.8, 4) is 0 Å². The lowest BCUT2D eigenvalue weighted by atomic mass is 9.96. The molecule has 8 nitrogen and oxygen atoms in total. The molecule has 1 N–H and O–H groups in total. The van der Waals surface area contributed by atoms with E-state index in [0.717, 1.165) is 35.5 Å². The maximum atomic E-state index is 13.1. The van der Waals surface area contributed by atoms with Crippen LogP contribution in [0, 0.1) is 19.8 Å². The van der Waals surface area contributed by atoms with Gasteiger partial charge in [0.25, 0.3) is 5.78 Å². The lowest BCUT2D eigenvalue weighted by Crippen LogP contribution is -2.44. The van der Waals surface area contributed by atoms with Crippen molar-refractivity contribution in [2.24, 2.45) is 5.92 Å². The lowest BCUT2D eigenvalue weighted by Gasteiger charge is -2.32. The summed E-state index contributed by atoms with van der Waals surface area (Å²) in [6.45, 7) is 4.94. The minimum absolute atomic E-state index is 0.00904. The number of likely N-dealkylation sites (tertiary alicyclic amines) is 1. The van der Waals surface area contributed by atoms with Crippen LogP contribution in [0.1, 0.15) is 29.8 Å². The predicted molar refractivity (Wildman–Crippen MR) is 120 cm³/mol. The van der Waals surface area contributed by atoms with E-state index in [-0.39, 0.29) is 24.2 Å². The molecule has 0 bridgehead atoms. The van der Waals surface area contributed by atoms with Crippen LogP contribution in [0.4, 0.5) is 5.69 Å². The van der Waals surface area contributed by atoms with Crippen LogP contribution in [-0.4, -0.2) is 55.6 Å². The van der Waals surface area contributed by atoms with Crippen LogP contribution in [0.3, 0.4) is 0 Å². The number of aryl methyl sites for hydroxylation is 2. The van der Waals surface area contributed by atoms with Crippen LogP contribution in [-0.2, 0) is 16.0 Å². The van der Waals surface area contributed by atoms with Crippen molar-refractivity contribution in [3.63, 3.8) is 0 Å². The summed E-state index contributed by atoms with van der Waals surface area (Å²) >= 11 is 1.46. The fraction of sp³-hybridized carbons (Fsp3) is 0.409. The molecule has 1 atom stereocenters. The number of anilines is 1. The smallest absolute Gasteiger partial charge is 0.253 e. The van der Waals surface area contributed by atoms with Gasteiger partial charge in [-0.3, -0.25) is 9.59 Å². The Kier molecular flexibility index (Phi) is 6.22. The number of hydrogen-bond acceptors (Lipinski definition) is 6. The van der Waals surface area contributed by atoms with Crippen molar-refractivity contribution < 1.29 is 9.59 Å². The SMILES string of the molecule is CSc1nc2nc(C)c(CC(=O)N3CCC[C@H](C(=O)Nc4ccccc4)C3)c(C)n2n1. The number of aromatic nitrogens is 4. The Bertz CT molecular complexity index is 1110. The minimum Gasteiger partial charge on any atom is -0.342 e. The number of para-hydroxylation sites is 1. The number of amides is 2. The monoisotopic (exact) mass is 438 g/mol. The minimum atomic E-state index is -0.208. The lowest BCUT2D eigenvalue weighted by molar-refractivity contribution is -0.134. The Balaban J connectivity index is 1.46. The third-order valence-corrected chi connectivity index (χ3v) is 6.26. The number of nitrogens with zero attached hydrogens (tertiary/aromatic N) is 5. The van der Waals surface area contributed by atoms with E-state index < -0.39 is 0 Å². The van der Waals surface area contributed by atoms with Gasteiger partial charge >= 0.3 is 0 Å². The van der Waals surface area contributed by atoms with Gasteiger partial charge in [-0.2, -0.15) is 4.98 Å². The molecule has 0 unspecified atom stereocenters. The molecule has 1 aromatic carbocycles. The van der Waals surface area contributed by atoms with Gasteiger partial charge in [-0.05, 0) is 45.1 Å². The Morgan fingerprint density at radius 1 is 1.19 bits per heavy atom. The number of carbonyl (C=O) groups excluding carboxylic acids is 2. The molecule has 1 fully saturated rings. The molecule has 1 saturated heterocycles. The maximum absolute atomic E-state index is 13.1. The number of piperidine rings is 1. The molecule has 1 aliphatic heterocycles. The van der Waals surface area contributed by atoms with E-state index in [1.54, 1.807) is 9.42 Å². The molecule has 0 aliphatic carbocycles. The Morgan fingerprint density at radius 2 is 1.97 bits per heavy atom. The molecule has 3 aromatic rings. The van der Waals surface area contributed by atoms with Gasteiger partial charge in [0.1, 0.15) is 0 Å². The Morgan fingerprint density at radius 3 is 2.71 bits per heavy atom. The predicted octanol–water partition coefficient (Wildman–Crippen LogP) is 2.88. The van der Waals surface area contributed by atoms with Crippen LogP contribution in [0.5, 0.6) is 0 Å². The average Bonchev–Trinajstić information content (AvgIpc) is 3.20. The topological polar surface area (TPSA) is 92.5 Å². The van der Waals surface area contributed by atoms with Crippen LogP contribution in [0.15, 0.2) is 35.5 Å². The molecule has 0 radical (unpaired) electrons. The van der Waals surface area contributed by atoms with Gasteiger partial charge in [-0.25, -0.2) is 9.50 Å². The molecular weight excluding hydrogens is 412 g/mol. The largest absolute Gasteiger partial charge is 0.342 e. The molecule has 4 rings (SSSR count). The summed E-state index contributed by atoms with van der Waals surface area (Å²) in [5.41, 5.74) is 3.30. The molecule has 9 heteroatoms. The van der Waals surface area contributed by atoms with Crippen LogP contribution < -0.4 is 5.32 Å². The second kappa shape index (κ2) is 9.05.